The number of hydrogen-bond donors (Lipinski definition) is 3. The van der Waals surface area contributed by atoms with Crippen LogP contribution in [0.3, 0.4) is 0 Å². The lowest BCUT2D eigenvalue weighted by atomic mass is 10.1. The molecule has 11 nitrogen and oxygen atoms in total. The summed E-state index contributed by atoms with van der Waals surface area (Å²) >= 11 is 0. The third kappa shape index (κ3) is 4.42. The molecule has 2 aromatic rings. The number of rotatable bonds is 7. The van der Waals surface area contributed by atoms with E-state index >= 15 is 0 Å². The van der Waals surface area contributed by atoms with Gasteiger partial charge in [0.15, 0.2) is 11.9 Å². The van der Waals surface area contributed by atoms with Crippen LogP contribution in [0, 0.1) is 0 Å². The van der Waals surface area contributed by atoms with Gasteiger partial charge in [-0.2, -0.15) is 15.1 Å². The summed E-state index contributed by atoms with van der Waals surface area (Å²) in [5, 5.41) is 37.2. The predicted molar refractivity (Wildman–Crippen MR) is 130 cm³/mol. The van der Waals surface area contributed by atoms with E-state index in [1.807, 2.05) is 0 Å². The Hall–Kier alpha value is -4.90. The molecule has 0 aliphatic carbocycles. The van der Waals surface area contributed by atoms with Gasteiger partial charge >= 0.3 is 12.1 Å². The van der Waals surface area contributed by atoms with E-state index in [1.165, 1.54) is 18.2 Å². The van der Waals surface area contributed by atoms with Gasteiger partial charge < -0.3 is 20.1 Å². The quantitative estimate of drug-likeness (QED) is 0.501. The first-order valence-corrected chi connectivity index (χ1v) is 10.9. The molecule has 2 aliphatic heterocycles. The summed E-state index contributed by atoms with van der Waals surface area (Å²) in [7, 11) is 0. The van der Waals surface area contributed by atoms with Crippen LogP contribution in [0.5, 0.6) is 0 Å². The van der Waals surface area contributed by atoms with E-state index in [-0.39, 0.29) is 17.8 Å². The molecule has 0 fully saturated rings. The number of carboxylic acids is 1. The maximum atomic E-state index is 12.9. The van der Waals surface area contributed by atoms with Crippen molar-refractivity contribution in [2.75, 3.05) is 16.6 Å². The van der Waals surface area contributed by atoms with Gasteiger partial charge in [0.1, 0.15) is 0 Å². The number of allylic oxidation sites excluding steroid dienone is 2. The van der Waals surface area contributed by atoms with Crippen molar-refractivity contribution in [3.05, 3.63) is 95.9 Å². The molecule has 184 valence electrons. The molecule has 2 amide bonds. The molecular formula is C25H22N4O7. The number of hydrazine groups is 1. The van der Waals surface area contributed by atoms with Crippen molar-refractivity contribution < 1.29 is 34.4 Å². The number of hydrogen-bond acceptors (Lipinski definition) is 7. The van der Waals surface area contributed by atoms with Gasteiger partial charge in [0.25, 0.3) is 5.91 Å². The molecule has 0 aromatic heterocycles. The van der Waals surface area contributed by atoms with Crippen LogP contribution in [0.4, 0.5) is 16.2 Å². The summed E-state index contributed by atoms with van der Waals surface area (Å²) in [4.78, 5) is 36.7. The summed E-state index contributed by atoms with van der Waals surface area (Å²) in [6.45, 7) is 1.82. The number of nitrogens with zero attached hydrogens (tertiary/aromatic N) is 4. The van der Waals surface area contributed by atoms with Gasteiger partial charge in [0, 0.05) is 6.61 Å². The zero-order chi connectivity index (χ0) is 25.8. The maximum Gasteiger partial charge on any atom is 0.429 e. The highest BCUT2D eigenvalue weighted by Crippen LogP contribution is 2.34. The number of aliphatic hydroxyl groups excluding tert-OH is 1. The number of carboxylic acid groups (broad SMARTS) is 2. The Balaban J connectivity index is 1.71. The average Bonchev–Trinajstić information content (AvgIpc) is 3.35. The number of amides is 2. The molecule has 11 heteroatoms. The van der Waals surface area contributed by atoms with Gasteiger partial charge in [-0.3, -0.25) is 4.79 Å². The maximum absolute atomic E-state index is 12.9. The van der Waals surface area contributed by atoms with Gasteiger partial charge in [-0.1, -0.05) is 42.5 Å². The van der Waals surface area contributed by atoms with Gasteiger partial charge in [-0.25, -0.2) is 14.6 Å². The lowest BCUT2D eigenvalue weighted by Crippen LogP contribution is -2.47. The van der Waals surface area contributed by atoms with Crippen LogP contribution < -0.4 is 10.0 Å². The predicted octanol–water partition coefficient (Wildman–Crippen LogP) is 3.50. The molecule has 36 heavy (non-hydrogen) atoms. The summed E-state index contributed by atoms with van der Waals surface area (Å²) in [6.07, 6.45) is 1.40. The minimum atomic E-state index is -1.39. The van der Waals surface area contributed by atoms with Gasteiger partial charge in [-0.15, -0.1) is 0 Å². The van der Waals surface area contributed by atoms with E-state index in [0.717, 1.165) is 15.0 Å². The molecule has 2 aliphatic rings. The number of carbonyl (C=O) groups excluding carboxylic acids is 1. The number of ether oxygens (including phenoxy) is 1. The van der Waals surface area contributed by atoms with Crippen LogP contribution in [-0.4, -0.2) is 56.8 Å². The Kier molecular flexibility index (Phi) is 6.84. The lowest BCUT2D eigenvalue weighted by Gasteiger charge is -2.30. The second kappa shape index (κ2) is 10.2. The van der Waals surface area contributed by atoms with Crippen molar-refractivity contribution in [3.63, 3.8) is 0 Å². The van der Waals surface area contributed by atoms with Crippen LogP contribution in [0.1, 0.15) is 6.92 Å². The number of benzene rings is 2. The van der Waals surface area contributed by atoms with Gasteiger partial charge in [0.2, 0.25) is 5.88 Å². The Bertz CT molecular complexity index is 1300. The number of anilines is 2. The molecule has 1 unspecified atom stereocenters. The minimum Gasteiger partial charge on any atom is -0.493 e. The minimum absolute atomic E-state index is 0.0964. The molecule has 0 bridgehead atoms. The van der Waals surface area contributed by atoms with Crippen molar-refractivity contribution in [1.82, 2.24) is 5.01 Å². The lowest BCUT2D eigenvalue weighted by molar-refractivity contribution is -0.129. The third-order valence-corrected chi connectivity index (χ3v) is 5.30. The molecule has 0 radical (unpaired) electrons. The molecule has 4 rings (SSSR count). The second-order valence-electron chi connectivity index (χ2n) is 7.51. The van der Waals surface area contributed by atoms with Crippen LogP contribution in [0.2, 0.25) is 0 Å². The molecule has 0 saturated carbocycles. The van der Waals surface area contributed by atoms with E-state index < -0.39 is 35.8 Å². The summed E-state index contributed by atoms with van der Waals surface area (Å²) in [5.41, 5.74) is 0.255. The van der Waals surface area contributed by atoms with Crippen LogP contribution >= 0.6 is 0 Å². The van der Waals surface area contributed by atoms with Gasteiger partial charge in [-0.05, 0) is 43.3 Å². The highest BCUT2D eigenvalue weighted by molar-refractivity contribution is 6.52. The molecule has 0 spiro atoms. The Morgan fingerprint density at radius 3 is 2.19 bits per heavy atom. The topological polar surface area (TPSA) is 143 Å². The summed E-state index contributed by atoms with van der Waals surface area (Å²) in [6, 6.07) is 16.7. The van der Waals surface area contributed by atoms with Crippen LogP contribution in [0.25, 0.3) is 0 Å². The monoisotopic (exact) mass is 490 g/mol. The van der Waals surface area contributed by atoms with Crippen molar-refractivity contribution in [1.29, 1.82) is 0 Å². The number of aliphatic carboxylic acids is 1. The largest absolute Gasteiger partial charge is 0.493 e. The van der Waals surface area contributed by atoms with E-state index in [0.29, 0.717) is 11.4 Å². The fourth-order valence-corrected chi connectivity index (χ4v) is 3.76. The first-order valence-electron chi connectivity index (χ1n) is 10.9. The number of carbonyl (C=O) groups is 3. The zero-order valence-electron chi connectivity index (χ0n) is 19.1. The molecule has 1 atom stereocenters. The first-order chi connectivity index (χ1) is 17.3. The summed E-state index contributed by atoms with van der Waals surface area (Å²) in [5.74, 6) is -2.43. The molecule has 0 saturated heterocycles. The smallest absolute Gasteiger partial charge is 0.429 e. The Morgan fingerprint density at radius 1 is 1.03 bits per heavy atom. The SMILES string of the molecule is CCOC1C(C=CC=C2C(=O)N(c3ccccc3)N=C2C(=O)O)=C(O)N(c2ccccc2)N1C(=O)O. The molecule has 2 aromatic carbocycles. The fourth-order valence-electron chi connectivity index (χ4n) is 3.76. The average molecular weight is 490 g/mol. The standard InChI is InChI=1S/C25H22N4O7/c1-2-36-23-19(22(31)28(29(23)25(34)35)17-12-7-4-8-13-17)15-9-14-18-20(24(32)33)26-27(21(18)30)16-10-5-3-6-11-16/h3-15,23,31H,2H2,1H3,(H,32,33)(H,34,35). The van der Waals surface area contributed by atoms with E-state index in [9.17, 15) is 29.7 Å². The highest BCUT2D eigenvalue weighted by Gasteiger charge is 2.43. The van der Waals surface area contributed by atoms with Crippen LogP contribution in [0.15, 0.2) is 101 Å². The van der Waals surface area contributed by atoms with Crippen molar-refractivity contribution in [2.24, 2.45) is 5.10 Å². The van der Waals surface area contributed by atoms with Crippen LogP contribution in [-0.2, 0) is 14.3 Å². The molecule has 3 N–H and O–H groups in total. The van der Waals surface area contributed by atoms with E-state index in [1.54, 1.807) is 67.6 Å². The Morgan fingerprint density at radius 2 is 1.64 bits per heavy atom. The second-order valence-corrected chi connectivity index (χ2v) is 7.51. The number of para-hydroxylation sites is 2. The van der Waals surface area contributed by atoms with E-state index in [2.05, 4.69) is 5.10 Å². The normalized spacial score (nSPS) is 19.1. The van der Waals surface area contributed by atoms with E-state index in [4.69, 9.17) is 4.74 Å². The number of hydrazone groups is 1. The molecule has 2 heterocycles. The fraction of sp³-hybridized carbons (Fsp3) is 0.120. The van der Waals surface area contributed by atoms with Crippen molar-refractivity contribution in [2.45, 2.75) is 13.2 Å². The zero-order valence-corrected chi connectivity index (χ0v) is 19.1. The Labute approximate surface area is 205 Å². The van der Waals surface area contributed by atoms with Crippen molar-refractivity contribution in [3.8, 4) is 0 Å². The number of aliphatic hydroxyl groups is 1. The highest BCUT2D eigenvalue weighted by atomic mass is 16.5. The first kappa shape index (κ1) is 24.2. The van der Waals surface area contributed by atoms with Crippen molar-refractivity contribution >= 4 is 35.1 Å². The third-order valence-electron chi connectivity index (χ3n) is 5.30. The van der Waals surface area contributed by atoms with Gasteiger partial charge in [0.05, 0.1) is 22.5 Å². The summed E-state index contributed by atoms with van der Waals surface area (Å²) < 4.78 is 5.61. The molecular weight excluding hydrogens is 468 g/mol.